The minimum atomic E-state index is -0.595. The second kappa shape index (κ2) is 11.9. The Morgan fingerprint density at radius 1 is 1.22 bits per heavy atom. The molecule has 1 heterocycles. The Hall–Kier alpha value is -3.17. The fourth-order valence-electron chi connectivity index (χ4n) is 3.92. The molecular formula is C27H32ClN3O5S. The van der Waals surface area contributed by atoms with Crippen LogP contribution in [-0.4, -0.2) is 53.6 Å². The molecule has 0 radical (unpaired) electrons. The molecule has 3 amide bonds. The summed E-state index contributed by atoms with van der Waals surface area (Å²) in [5.41, 5.74) is 1.35. The number of imide groups is 1. The van der Waals surface area contributed by atoms with Crippen LogP contribution in [0.4, 0.5) is 4.79 Å². The van der Waals surface area contributed by atoms with Gasteiger partial charge in [-0.1, -0.05) is 36.0 Å². The van der Waals surface area contributed by atoms with Crippen molar-refractivity contribution < 1.29 is 23.9 Å². The van der Waals surface area contributed by atoms with Crippen LogP contribution in [0.3, 0.4) is 0 Å². The zero-order valence-electron chi connectivity index (χ0n) is 21.6. The molecular weight excluding hydrogens is 514 g/mol. The second-order valence-electron chi connectivity index (χ2n) is 9.88. The first-order valence-electron chi connectivity index (χ1n) is 11.9. The third-order valence-corrected chi connectivity index (χ3v) is 6.31. The summed E-state index contributed by atoms with van der Waals surface area (Å²) in [5, 5.41) is 6.46. The van der Waals surface area contributed by atoms with Crippen LogP contribution in [0.25, 0.3) is 0 Å². The normalized spacial score (nSPS) is 16.9. The van der Waals surface area contributed by atoms with E-state index in [9.17, 15) is 14.4 Å². The third-order valence-electron chi connectivity index (χ3n) is 5.80. The van der Waals surface area contributed by atoms with E-state index in [4.69, 9.17) is 33.3 Å². The van der Waals surface area contributed by atoms with E-state index in [0.29, 0.717) is 34.3 Å². The van der Waals surface area contributed by atoms with Crippen LogP contribution in [0.1, 0.15) is 55.2 Å². The smallest absolute Gasteiger partial charge is 0.338 e. The lowest BCUT2D eigenvalue weighted by Gasteiger charge is -2.25. The molecule has 8 nitrogen and oxygen atoms in total. The van der Waals surface area contributed by atoms with Crippen molar-refractivity contribution in [1.82, 2.24) is 15.5 Å². The van der Waals surface area contributed by atoms with Gasteiger partial charge in [0.2, 0.25) is 5.91 Å². The van der Waals surface area contributed by atoms with Crippen LogP contribution in [0.15, 0.2) is 42.5 Å². The predicted octanol–water partition coefficient (Wildman–Crippen LogP) is 4.69. The highest BCUT2D eigenvalue weighted by molar-refractivity contribution is 7.80. The first kappa shape index (κ1) is 28.4. The highest BCUT2D eigenvalue weighted by Gasteiger charge is 2.34. The Morgan fingerprint density at radius 2 is 1.89 bits per heavy atom. The molecule has 0 bridgehead atoms. The first-order valence-corrected chi connectivity index (χ1v) is 12.7. The molecule has 2 aromatic carbocycles. The fourth-order valence-corrected chi connectivity index (χ4v) is 4.32. The predicted molar refractivity (Wildman–Crippen MR) is 146 cm³/mol. The summed E-state index contributed by atoms with van der Waals surface area (Å²) in [5.74, 6) is -0.709. The van der Waals surface area contributed by atoms with Crippen molar-refractivity contribution in [2.75, 3.05) is 20.2 Å². The molecule has 10 heteroatoms. The van der Waals surface area contributed by atoms with Crippen molar-refractivity contribution in [2.24, 2.45) is 5.92 Å². The summed E-state index contributed by atoms with van der Waals surface area (Å²) in [4.78, 5) is 40.4. The van der Waals surface area contributed by atoms with Crippen molar-refractivity contribution in [3.05, 3.63) is 64.2 Å². The molecule has 2 atom stereocenters. The summed E-state index contributed by atoms with van der Waals surface area (Å²) in [7, 11) is 1.55. The summed E-state index contributed by atoms with van der Waals surface area (Å²) in [6.45, 7) is 7.48. The van der Waals surface area contributed by atoms with Gasteiger partial charge in [-0.25, -0.2) is 9.59 Å². The molecule has 1 aliphatic heterocycles. The van der Waals surface area contributed by atoms with Gasteiger partial charge in [-0.2, -0.15) is 0 Å². The van der Waals surface area contributed by atoms with E-state index in [-0.39, 0.29) is 12.5 Å². The van der Waals surface area contributed by atoms with Gasteiger partial charge in [0, 0.05) is 11.6 Å². The molecule has 198 valence electrons. The number of ether oxygens (including phenoxy) is 2. The van der Waals surface area contributed by atoms with Crippen LogP contribution >= 0.6 is 23.8 Å². The van der Waals surface area contributed by atoms with Gasteiger partial charge in [0.25, 0.3) is 0 Å². The number of halogens is 1. The van der Waals surface area contributed by atoms with Crippen LogP contribution in [0.2, 0.25) is 5.02 Å². The summed E-state index contributed by atoms with van der Waals surface area (Å²) in [6.07, 6.45) is 0.323. The zero-order chi connectivity index (χ0) is 27.3. The maximum atomic E-state index is 13.4. The largest absolute Gasteiger partial charge is 0.496 e. The van der Waals surface area contributed by atoms with Crippen molar-refractivity contribution in [2.45, 2.75) is 45.8 Å². The maximum Gasteiger partial charge on any atom is 0.338 e. The van der Waals surface area contributed by atoms with Gasteiger partial charge in [0.05, 0.1) is 36.2 Å². The molecule has 2 N–H and O–H groups in total. The number of esters is 1. The number of carbonyl (C=O) groups excluding carboxylic acids is 3. The van der Waals surface area contributed by atoms with Gasteiger partial charge in [-0.15, -0.1) is 0 Å². The highest BCUT2D eigenvalue weighted by Crippen LogP contribution is 2.26. The number of hydrogen-bond acceptors (Lipinski definition) is 6. The van der Waals surface area contributed by atoms with E-state index in [1.54, 1.807) is 77.3 Å². The summed E-state index contributed by atoms with van der Waals surface area (Å²) >= 11 is 11.5. The molecule has 0 unspecified atom stereocenters. The Morgan fingerprint density at radius 3 is 2.51 bits per heavy atom. The van der Waals surface area contributed by atoms with Crippen LogP contribution < -0.4 is 15.4 Å². The number of nitrogens with zero attached hydrogens (tertiary/aromatic N) is 1. The molecule has 0 saturated carbocycles. The van der Waals surface area contributed by atoms with Crippen LogP contribution in [0.5, 0.6) is 5.75 Å². The molecule has 1 aliphatic rings. The number of thiocarbonyl (C=S) groups is 1. The minimum Gasteiger partial charge on any atom is -0.496 e. The average molecular weight is 546 g/mol. The van der Waals surface area contributed by atoms with Crippen molar-refractivity contribution in [1.29, 1.82) is 0 Å². The van der Waals surface area contributed by atoms with Gasteiger partial charge < -0.3 is 20.1 Å². The summed E-state index contributed by atoms with van der Waals surface area (Å²) < 4.78 is 10.8. The van der Waals surface area contributed by atoms with E-state index in [1.165, 1.54) is 0 Å². The van der Waals surface area contributed by atoms with E-state index in [2.05, 4.69) is 10.6 Å². The lowest BCUT2D eigenvalue weighted by Crippen LogP contribution is -2.48. The highest BCUT2D eigenvalue weighted by atomic mass is 35.5. The number of carbonyl (C=O) groups is 3. The second-order valence-corrected chi connectivity index (χ2v) is 10.8. The van der Waals surface area contributed by atoms with E-state index in [0.717, 1.165) is 16.0 Å². The number of rotatable bonds is 6. The van der Waals surface area contributed by atoms with Gasteiger partial charge >= 0.3 is 12.0 Å². The average Bonchev–Trinajstić information content (AvgIpc) is 2.97. The molecule has 1 saturated heterocycles. The lowest BCUT2D eigenvalue weighted by molar-refractivity contribution is -0.131. The quantitative estimate of drug-likeness (QED) is 0.401. The van der Waals surface area contributed by atoms with Crippen LogP contribution in [0, 0.1) is 5.92 Å². The van der Waals surface area contributed by atoms with Crippen LogP contribution in [-0.2, 0) is 16.0 Å². The Bertz CT molecular complexity index is 1180. The molecule has 3 rings (SSSR count). The van der Waals surface area contributed by atoms with Gasteiger partial charge in [0.15, 0.2) is 0 Å². The SMILES string of the molecule is COc1ccc(Cl)cc1C[C@@H]1CNC(=S)CN(C(=O)N[C@H](C)c2ccc(C(=O)OC(C)(C)C)cc2)C1=O. The lowest BCUT2D eigenvalue weighted by atomic mass is 9.97. The summed E-state index contributed by atoms with van der Waals surface area (Å²) in [6, 6.07) is 11.0. The molecule has 0 aromatic heterocycles. The molecule has 37 heavy (non-hydrogen) atoms. The molecule has 0 spiro atoms. The molecule has 2 aromatic rings. The zero-order valence-corrected chi connectivity index (χ0v) is 23.2. The number of nitrogens with one attached hydrogen (secondary N) is 2. The minimum absolute atomic E-state index is 0.0204. The number of amides is 3. The van der Waals surface area contributed by atoms with Crippen molar-refractivity contribution in [3.63, 3.8) is 0 Å². The van der Waals surface area contributed by atoms with Gasteiger partial charge in [-0.05, 0) is 75.6 Å². The van der Waals surface area contributed by atoms with Gasteiger partial charge in [0.1, 0.15) is 11.4 Å². The van der Waals surface area contributed by atoms with E-state index < -0.39 is 29.6 Å². The van der Waals surface area contributed by atoms with Crippen molar-refractivity contribution in [3.8, 4) is 5.75 Å². The number of methoxy groups -OCH3 is 1. The van der Waals surface area contributed by atoms with E-state index >= 15 is 0 Å². The van der Waals surface area contributed by atoms with Crippen molar-refractivity contribution >= 4 is 46.7 Å². The molecule has 0 aliphatic carbocycles. The Labute approximate surface area is 227 Å². The Kier molecular flexibility index (Phi) is 9.15. The number of hydrogen-bond donors (Lipinski definition) is 2. The third kappa shape index (κ3) is 7.66. The monoisotopic (exact) mass is 545 g/mol. The number of benzene rings is 2. The number of urea groups is 1. The van der Waals surface area contributed by atoms with Gasteiger partial charge in [-0.3, -0.25) is 9.69 Å². The van der Waals surface area contributed by atoms with E-state index in [1.807, 2.05) is 0 Å². The Balaban J connectivity index is 1.71. The maximum absolute atomic E-state index is 13.4. The topological polar surface area (TPSA) is 97.0 Å². The standard InChI is InChI=1S/C27H32ClN3O5S/c1-16(17-6-8-18(9-7-17)25(33)36-27(2,3)4)30-26(34)31-15-23(37)29-14-20(24(31)32)12-19-13-21(28)10-11-22(19)35-5/h6-11,13,16,20H,12,14-15H2,1-5H3,(H,29,37)(H,30,34)/t16-,20-/m1/s1. The first-order chi connectivity index (χ1) is 17.4. The fraction of sp³-hybridized carbons (Fsp3) is 0.407. The molecule has 1 fully saturated rings.